The molecular weight excluding hydrogens is 448 g/mol. The molecule has 1 aliphatic heterocycles. The Kier molecular flexibility index (Phi) is 9.02. The Balaban J connectivity index is 2.01. The predicted octanol–water partition coefficient (Wildman–Crippen LogP) is 7.46. The van der Waals surface area contributed by atoms with Crippen LogP contribution in [0, 0.1) is 6.57 Å². The monoisotopic (exact) mass is 483 g/mol. The van der Waals surface area contributed by atoms with Crippen LogP contribution < -0.4 is 0 Å². The van der Waals surface area contributed by atoms with Crippen molar-refractivity contribution < 1.29 is 9.47 Å². The van der Waals surface area contributed by atoms with Crippen molar-refractivity contribution in [3.05, 3.63) is 87.6 Å². The third kappa shape index (κ3) is 6.40. The summed E-state index contributed by atoms with van der Waals surface area (Å²) in [5.74, 6) is 0.679. The lowest BCUT2D eigenvalue weighted by Crippen LogP contribution is -2.17. The van der Waals surface area contributed by atoms with Crippen molar-refractivity contribution in [3.63, 3.8) is 0 Å². The third-order valence-electron chi connectivity index (χ3n) is 6.10. The zero-order valence-electron chi connectivity index (χ0n) is 22.1. The smallest absolute Gasteiger partial charge is 0.308 e. The summed E-state index contributed by atoms with van der Waals surface area (Å²) in [6.45, 7) is 19.8. The average Bonchev–Trinajstić information content (AvgIpc) is 3.18. The Morgan fingerprint density at radius 3 is 2.78 bits per heavy atom. The molecule has 0 saturated heterocycles. The highest BCUT2D eigenvalue weighted by atomic mass is 16.5. The van der Waals surface area contributed by atoms with Gasteiger partial charge in [-0.05, 0) is 80.3 Å². The van der Waals surface area contributed by atoms with Gasteiger partial charge in [0.05, 0.1) is 36.6 Å². The highest BCUT2D eigenvalue weighted by Gasteiger charge is 2.16. The van der Waals surface area contributed by atoms with Gasteiger partial charge in [-0.15, -0.1) is 5.73 Å². The average molecular weight is 484 g/mol. The van der Waals surface area contributed by atoms with Crippen LogP contribution in [0.25, 0.3) is 26.9 Å². The maximum Gasteiger partial charge on any atom is 0.308 e. The summed E-state index contributed by atoms with van der Waals surface area (Å²) in [5, 5.41) is 8.75. The number of nitrogens with one attached hydrogen (secondary N) is 1. The lowest BCUT2D eigenvalue weighted by Gasteiger charge is -2.19. The number of aromatic nitrogens is 2. The Bertz CT molecular complexity index is 1370. The van der Waals surface area contributed by atoms with Gasteiger partial charge < -0.3 is 9.47 Å². The SMILES string of the molecule is C#[N+]C=CC(OC)=C(C)c1ccc2[nH]nc(C3=C=C(C)C=NC(C(=C)CC(C)OC(C)CC)=C3)c2c1. The molecule has 1 aromatic heterocycles. The van der Waals surface area contributed by atoms with Crippen LogP contribution in [0.1, 0.15) is 58.7 Å². The van der Waals surface area contributed by atoms with Crippen molar-refractivity contribution in [2.24, 2.45) is 4.99 Å². The first-order valence-corrected chi connectivity index (χ1v) is 12.1. The number of H-pyrrole nitrogens is 1. The Morgan fingerprint density at radius 1 is 1.31 bits per heavy atom. The zero-order valence-corrected chi connectivity index (χ0v) is 22.1. The maximum absolute atomic E-state index is 6.04. The number of fused-ring (bicyclic) bond motifs is 1. The van der Waals surface area contributed by atoms with Gasteiger partial charge in [-0.1, -0.05) is 19.6 Å². The molecular formula is C30H35N4O2+. The van der Waals surface area contributed by atoms with E-state index in [2.05, 4.69) is 59.2 Å². The normalized spacial score (nSPS) is 16.0. The van der Waals surface area contributed by atoms with Crippen molar-refractivity contribution in [3.8, 4) is 6.57 Å². The molecule has 0 aliphatic carbocycles. The van der Waals surface area contributed by atoms with E-state index in [-0.39, 0.29) is 12.2 Å². The molecule has 3 rings (SSSR count). The number of benzene rings is 1. The first-order chi connectivity index (χ1) is 17.3. The number of rotatable bonds is 10. The molecule has 0 radical (unpaired) electrons. The largest absolute Gasteiger partial charge is 0.496 e. The number of nitrogens with zero attached hydrogens (tertiary/aromatic N) is 3. The summed E-state index contributed by atoms with van der Waals surface area (Å²) in [6.07, 6.45) is 8.98. The molecule has 0 saturated carbocycles. The molecule has 186 valence electrons. The van der Waals surface area contributed by atoms with E-state index in [4.69, 9.17) is 16.0 Å². The van der Waals surface area contributed by atoms with Crippen molar-refractivity contribution in [2.75, 3.05) is 7.11 Å². The van der Waals surface area contributed by atoms with Gasteiger partial charge in [0.15, 0.2) is 0 Å². The standard InChI is InChI=1S/C30H35N4O2/c1-9-21(4)36-22(5)15-20(3)28-17-25(14-19(2)18-32-28)30-26-16-24(10-11-27(26)33-34-30)23(6)29(35-8)12-13-31-7/h7,10-13,16-18,21-22H,3,9,15H2,1-2,4-6,8H3,(H,33,34)/q+1. The van der Waals surface area contributed by atoms with Crippen LogP contribution in [-0.2, 0) is 9.47 Å². The first-order valence-electron chi connectivity index (χ1n) is 12.1. The summed E-state index contributed by atoms with van der Waals surface area (Å²) in [7, 11) is 1.62. The van der Waals surface area contributed by atoms with E-state index in [0.717, 1.165) is 56.6 Å². The van der Waals surface area contributed by atoms with Gasteiger partial charge in [0.2, 0.25) is 0 Å². The first kappa shape index (κ1) is 26.7. The Morgan fingerprint density at radius 2 is 2.08 bits per heavy atom. The molecule has 0 fully saturated rings. The molecule has 1 N–H and O–H groups in total. The number of aromatic amines is 1. The molecule has 2 aromatic rings. The quantitative estimate of drug-likeness (QED) is 0.217. The topological polar surface area (TPSA) is 63.9 Å². The number of aliphatic imine (C=N–C) groups is 1. The highest BCUT2D eigenvalue weighted by Crippen LogP contribution is 2.31. The fourth-order valence-corrected chi connectivity index (χ4v) is 3.99. The van der Waals surface area contributed by atoms with Crippen LogP contribution in [0.4, 0.5) is 0 Å². The van der Waals surface area contributed by atoms with Gasteiger partial charge in [0.25, 0.3) is 6.57 Å². The number of ether oxygens (including phenoxy) is 2. The Hall–Kier alpha value is -3.91. The molecule has 1 aromatic carbocycles. The van der Waals surface area contributed by atoms with Crippen LogP contribution in [0.5, 0.6) is 0 Å². The van der Waals surface area contributed by atoms with E-state index in [9.17, 15) is 0 Å². The van der Waals surface area contributed by atoms with Crippen LogP contribution in [0.3, 0.4) is 0 Å². The molecule has 6 heteroatoms. The molecule has 2 atom stereocenters. The minimum Gasteiger partial charge on any atom is -0.496 e. The van der Waals surface area contributed by atoms with Crippen LogP contribution in [0.2, 0.25) is 0 Å². The fraction of sp³-hybridized carbons (Fsp3) is 0.333. The van der Waals surface area contributed by atoms with Crippen LogP contribution in [-0.4, -0.2) is 35.7 Å². The van der Waals surface area contributed by atoms with Crippen molar-refractivity contribution in [1.29, 1.82) is 0 Å². The van der Waals surface area contributed by atoms with E-state index in [1.807, 2.05) is 38.3 Å². The summed E-state index contributed by atoms with van der Waals surface area (Å²) < 4.78 is 11.6. The molecule has 6 nitrogen and oxygen atoms in total. The minimum atomic E-state index is 0.0490. The minimum absolute atomic E-state index is 0.0490. The van der Waals surface area contributed by atoms with E-state index in [1.165, 1.54) is 6.20 Å². The zero-order chi connectivity index (χ0) is 26.2. The summed E-state index contributed by atoms with van der Waals surface area (Å²) in [6, 6.07) is 6.13. The second kappa shape index (κ2) is 12.2. The van der Waals surface area contributed by atoms with E-state index >= 15 is 0 Å². The lowest BCUT2D eigenvalue weighted by atomic mass is 9.99. The molecule has 1 aliphatic rings. The van der Waals surface area contributed by atoms with Crippen molar-refractivity contribution in [1.82, 2.24) is 10.2 Å². The molecule has 0 spiro atoms. The number of allylic oxidation sites excluding steroid dienone is 5. The van der Waals surface area contributed by atoms with Gasteiger partial charge in [-0.25, -0.2) is 0 Å². The highest BCUT2D eigenvalue weighted by molar-refractivity contribution is 5.96. The molecule has 36 heavy (non-hydrogen) atoms. The lowest BCUT2D eigenvalue weighted by molar-refractivity contribution is 0.00758. The van der Waals surface area contributed by atoms with Crippen LogP contribution in [0.15, 0.2) is 76.5 Å². The third-order valence-corrected chi connectivity index (χ3v) is 6.10. The van der Waals surface area contributed by atoms with E-state index in [0.29, 0.717) is 12.2 Å². The maximum atomic E-state index is 6.04. The number of hydrogen-bond donors (Lipinski definition) is 1. The Labute approximate surface area is 213 Å². The second-order valence-corrected chi connectivity index (χ2v) is 8.97. The van der Waals surface area contributed by atoms with Crippen molar-refractivity contribution >= 4 is 28.3 Å². The predicted molar refractivity (Wildman–Crippen MR) is 150 cm³/mol. The van der Waals surface area contributed by atoms with Crippen LogP contribution >= 0.6 is 0 Å². The second-order valence-electron chi connectivity index (χ2n) is 8.97. The van der Waals surface area contributed by atoms with Crippen molar-refractivity contribution in [2.45, 2.75) is 59.7 Å². The number of hydrogen-bond acceptors (Lipinski definition) is 4. The fourth-order valence-electron chi connectivity index (χ4n) is 3.99. The van der Waals surface area contributed by atoms with Gasteiger partial charge >= 0.3 is 6.20 Å². The molecule has 2 heterocycles. The molecule has 0 bridgehead atoms. The van der Waals surface area contributed by atoms with Gasteiger partial charge in [0, 0.05) is 22.7 Å². The van der Waals surface area contributed by atoms with Gasteiger partial charge in [0.1, 0.15) is 11.5 Å². The van der Waals surface area contributed by atoms with Gasteiger partial charge in [-0.3, -0.25) is 10.1 Å². The summed E-state index contributed by atoms with van der Waals surface area (Å²) >= 11 is 0. The molecule has 2 unspecified atom stereocenters. The summed E-state index contributed by atoms with van der Waals surface area (Å²) in [4.78, 5) is 8.21. The van der Waals surface area contributed by atoms with Gasteiger partial charge in [-0.2, -0.15) is 5.10 Å². The number of methoxy groups -OCH3 is 1. The molecule has 0 amide bonds. The summed E-state index contributed by atoms with van der Waals surface area (Å²) in [5.41, 5.74) is 10.6. The van der Waals surface area contributed by atoms with E-state index < -0.39 is 0 Å². The van der Waals surface area contributed by atoms with E-state index in [1.54, 1.807) is 13.2 Å².